The summed E-state index contributed by atoms with van der Waals surface area (Å²) in [5, 5.41) is 16.9. The van der Waals surface area contributed by atoms with E-state index in [-0.39, 0.29) is 5.75 Å². The molecule has 0 bridgehead atoms. The number of anilines is 1. The van der Waals surface area contributed by atoms with E-state index in [1.807, 2.05) is 4.57 Å². The zero-order valence-corrected chi connectivity index (χ0v) is 9.78. The Bertz CT molecular complexity index is 400. The second-order valence-electron chi connectivity index (χ2n) is 4.12. The average molecular weight is 242 g/mol. The topological polar surface area (TPSA) is 94.0 Å². The molecule has 1 saturated carbocycles. The zero-order valence-electron chi connectivity index (χ0n) is 8.96. The number of aromatic nitrogens is 3. The molecule has 7 heteroatoms. The Morgan fingerprint density at radius 3 is 2.88 bits per heavy atom. The molecule has 6 nitrogen and oxygen atoms in total. The molecule has 0 aromatic carbocycles. The Hall–Kier alpha value is -1.24. The van der Waals surface area contributed by atoms with Crippen LogP contribution in [0, 0.1) is 5.92 Å². The van der Waals surface area contributed by atoms with E-state index in [9.17, 15) is 4.79 Å². The van der Waals surface area contributed by atoms with Gasteiger partial charge in [-0.2, -0.15) is 0 Å². The van der Waals surface area contributed by atoms with Gasteiger partial charge in [0.05, 0.1) is 5.75 Å². The third-order valence-corrected chi connectivity index (χ3v) is 3.66. The number of hydrogen-bond acceptors (Lipinski definition) is 5. The molecular formula is C9H14N4O2S. The number of nitrogens with zero attached hydrogens (tertiary/aromatic N) is 3. The highest BCUT2D eigenvalue weighted by molar-refractivity contribution is 7.99. The average Bonchev–Trinajstić information content (AvgIpc) is 2.52. The minimum Gasteiger partial charge on any atom is -0.481 e. The van der Waals surface area contributed by atoms with Crippen molar-refractivity contribution in [3.63, 3.8) is 0 Å². The number of aliphatic carboxylic acids is 1. The van der Waals surface area contributed by atoms with Crippen LogP contribution in [-0.4, -0.2) is 31.6 Å². The first-order valence-corrected chi connectivity index (χ1v) is 6.11. The molecule has 2 rings (SSSR count). The van der Waals surface area contributed by atoms with E-state index < -0.39 is 5.97 Å². The van der Waals surface area contributed by atoms with Crippen molar-refractivity contribution >= 4 is 23.7 Å². The zero-order chi connectivity index (χ0) is 11.7. The normalized spacial score (nSPS) is 24.1. The molecule has 88 valence electrons. The van der Waals surface area contributed by atoms with Crippen LogP contribution in [-0.2, 0) is 4.79 Å². The lowest BCUT2D eigenvalue weighted by molar-refractivity contribution is -0.133. The summed E-state index contributed by atoms with van der Waals surface area (Å²) >= 11 is 1.16. The fourth-order valence-corrected chi connectivity index (χ4v) is 2.66. The molecule has 1 aromatic heterocycles. The molecule has 16 heavy (non-hydrogen) atoms. The van der Waals surface area contributed by atoms with Gasteiger partial charge in [0.25, 0.3) is 0 Å². The standard InChI is InChI=1S/C9H14N4O2S/c1-5-2-6(3-5)13-8(10)11-12-9(13)16-4-7(14)15/h5-6H,2-4H2,1H3,(H2,10,11)(H,14,15). The van der Waals surface area contributed by atoms with Gasteiger partial charge < -0.3 is 10.8 Å². The Balaban J connectivity index is 2.10. The van der Waals surface area contributed by atoms with Gasteiger partial charge in [0.1, 0.15) is 0 Å². The van der Waals surface area contributed by atoms with Gasteiger partial charge in [0.15, 0.2) is 5.16 Å². The van der Waals surface area contributed by atoms with Crippen molar-refractivity contribution in [1.29, 1.82) is 0 Å². The van der Waals surface area contributed by atoms with Crippen molar-refractivity contribution in [2.45, 2.75) is 31.0 Å². The fraction of sp³-hybridized carbons (Fsp3) is 0.667. The van der Waals surface area contributed by atoms with E-state index in [1.165, 1.54) is 0 Å². The molecule has 1 aromatic rings. The number of nitrogens with two attached hydrogens (primary N) is 1. The van der Waals surface area contributed by atoms with Gasteiger partial charge in [-0.25, -0.2) is 0 Å². The van der Waals surface area contributed by atoms with E-state index >= 15 is 0 Å². The van der Waals surface area contributed by atoms with Gasteiger partial charge in [-0.05, 0) is 18.8 Å². The van der Waals surface area contributed by atoms with Crippen LogP contribution in [0.1, 0.15) is 25.8 Å². The number of thioether (sulfide) groups is 1. The Kier molecular flexibility index (Phi) is 3.04. The first-order chi connectivity index (χ1) is 7.58. The molecule has 1 heterocycles. The van der Waals surface area contributed by atoms with Crippen LogP contribution in [0.2, 0.25) is 0 Å². The number of nitrogen functional groups attached to an aromatic ring is 1. The predicted octanol–water partition coefficient (Wildman–Crippen LogP) is 1.01. The first-order valence-electron chi connectivity index (χ1n) is 5.13. The maximum Gasteiger partial charge on any atom is 0.313 e. The SMILES string of the molecule is CC1CC(n2c(N)nnc2SCC(=O)O)C1. The Morgan fingerprint density at radius 2 is 2.31 bits per heavy atom. The number of hydrogen-bond donors (Lipinski definition) is 2. The maximum absolute atomic E-state index is 10.5. The third kappa shape index (κ3) is 2.13. The quantitative estimate of drug-likeness (QED) is 0.765. The van der Waals surface area contributed by atoms with Gasteiger partial charge in [-0.15, -0.1) is 10.2 Å². The van der Waals surface area contributed by atoms with Gasteiger partial charge in [-0.3, -0.25) is 9.36 Å². The molecular weight excluding hydrogens is 228 g/mol. The highest BCUT2D eigenvalue weighted by Crippen LogP contribution is 2.40. The van der Waals surface area contributed by atoms with Gasteiger partial charge >= 0.3 is 5.97 Å². The lowest BCUT2D eigenvalue weighted by Gasteiger charge is -2.34. The van der Waals surface area contributed by atoms with Gasteiger partial charge in [0, 0.05) is 6.04 Å². The summed E-state index contributed by atoms with van der Waals surface area (Å²) in [6.45, 7) is 2.18. The van der Waals surface area contributed by atoms with Crippen molar-refractivity contribution in [2.75, 3.05) is 11.5 Å². The smallest absolute Gasteiger partial charge is 0.313 e. The predicted molar refractivity (Wildman–Crippen MR) is 60.2 cm³/mol. The molecule has 0 unspecified atom stereocenters. The Morgan fingerprint density at radius 1 is 1.62 bits per heavy atom. The van der Waals surface area contributed by atoms with Crippen LogP contribution < -0.4 is 5.73 Å². The molecule has 0 spiro atoms. The monoisotopic (exact) mass is 242 g/mol. The maximum atomic E-state index is 10.5. The highest BCUT2D eigenvalue weighted by Gasteiger charge is 2.30. The second kappa shape index (κ2) is 4.32. The number of rotatable bonds is 4. The number of carboxylic acid groups (broad SMARTS) is 1. The van der Waals surface area contributed by atoms with Crippen LogP contribution in [0.5, 0.6) is 0 Å². The van der Waals surface area contributed by atoms with Crippen LogP contribution in [0.15, 0.2) is 5.16 Å². The summed E-state index contributed by atoms with van der Waals surface area (Å²) in [6.07, 6.45) is 2.12. The van der Waals surface area contributed by atoms with Crippen LogP contribution in [0.25, 0.3) is 0 Å². The molecule has 1 fully saturated rings. The third-order valence-electron chi connectivity index (χ3n) is 2.73. The summed E-state index contributed by atoms with van der Waals surface area (Å²) in [7, 11) is 0. The molecule has 0 atom stereocenters. The van der Waals surface area contributed by atoms with Crippen LogP contribution in [0.3, 0.4) is 0 Å². The van der Waals surface area contributed by atoms with E-state index in [1.54, 1.807) is 0 Å². The van der Waals surface area contributed by atoms with Crippen LogP contribution in [0.4, 0.5) is 5.95 Å². The van der Waals surface area contributed by atoms with Crippen molar-refractivity contribution < 1.29 is 9.90 Å². The first kappa shape index (κ1) is 11.3. The summed E-state index contributed by atoms with van der Waals surface area (Å²) < 4.78 is 1.85. The minimum atomic E-state index is -0.861. The Labute approximate surface area is 97.2 Å². The van der Waals surface area contributed by atoms with Gasteiger partial charge in [0.2, 0.25) is 5.95 Å². The van der Waals surface area contributed by atoms with E-state index in [0.29, 0.717) is 23.1 Å². The highest BCUT2D eigenvalue weighted by atomic mass is 32.2. The molecule has 1 aliphatic carbocycles. The van der Waals surface area contributed by atoms with E-state index in [2.05, 4.69) is 17.1 Å². The lowest BCUT2D eigenvalue weighted by atomic mass is 9.82. The van der Waals surface area contributed by atoms with Crippen molar-refractivity contribution in [3.8, 4) is 0 Å². The minimum absolute atomic E-state index is 0.0135. The summed E-state index contributed by atoms with van der Waals surface area (Å²) in [5.41, 5.74) is 5.73. The van der Waals surface area contributed by atoms with Crippen molar-refractivity contribution in [3.05, 3.63) is 0 Å². The summed E-state index contributed by atoms with van der Waals surface area (Å²) in [6, 6.07) is 0.335. The van der Waals surface area contributed by atoms with Crippen LogP contribution >= 0.6 is 11.8 Å². The number of carbonyl (C=O) groups is 1. The molecule has 0 amide bonds. The summed E-state index contributed by atoms with van der Waals surface area (Å²) in [5.74, 6) is 0.203. The molecule has 3 N–H and O–H groups in total. The molecule has 1 aliphatic rings. The molecule has 0 aliphatic heterocycles. The summed E-state index contributed by atoms with van der Waals surface area (Å²) in [4.78, 5) is 10.5. The van der Waals surface area contributed by atoms with Crippen molar-refractivity contribution in [1.82, 2.24) is 14.8 Å². The number of carboxylic acids is 1. The van der Waals surface area contributed by atoms with E-state index in [4.69, 9.17) is 10.8 Å². The van der Waals surface area contributed by atoms with Gasteiger partial charge in [-0.1, -0.05) is 18.7 Å². The fourth-order valence-electron chi connectivity index (χ4n) is 1.93. The second-order valence-corrected chi connectivity index (χ2v) is 5.07. The largest absolute Gasteiger partial charge is 0.481 e. The molecule has 0 saturated heterocycles. The lowest BCUT2D eigenvalue weighted by Crippen LogP contribution is -2.26. The van der Waals surface area contributed by atoms with Crippen molar-refractivity contribution in [2.24, 2.45) is 5.92 Å². The molecule has 0 radical (unpaired) electrons. The van der Waals surface area contributed by atoms with E-state index in [0.717, 1.165) is 24.6 Å².